The van der Waals surface area contributed by atoms with E-state index in [1.54, 1.807) is 0 Å². The Kier molecular flexibility index (Phi) is 13.6. The van der Waals surface area contributed by atoms with E-state index in [-0.39, 0.29) is 10.8 Å². The zero-order valence-electron chi connectivity index (χ0n) is 57.9. The molecule has 2 aliphatic carbocycles. The second kappa shape index (κ2) is 23.3. The van der Waals surface area contributed by atoms with Gasteiger partial charge in [0.05, 0.1) is 33.4 Å². The number of para-hydroxylation sites is 4. The zero-order chi connectivity index (χ0) is 68.7. The lowest BCUT2D eigenvalue weighted by atomic mass is 9.82. The molecule has 2 aliphatic rings. The Morgan fingerprint density at radius 2 is 0.544 bits per heavy atom. The topological polar surface area (TPSA) is 16.3 Å². The molecule has 5 heteroatoms. The van der Waals surface area contributed by atoms with Crippen LogP contribution in [-0.2, 0) is 10.8 Å². The van der Waals surface area contributed by atoms with E-state index in [0.717, 1.165) is 45.5 Å². The lowest BCUT2D eigenvalue weighted by molar-refractivity contribution is 0.661. The first-order chi connectivity index (χ1) is 50.6. The first kappa shape index (κ1) is 60.4. The van der Waals surface area contributed by atoms with Crippen LogP contribution in [0.25, 0.3) is 98.8 Å². The van der Waals surface area contributed by atoms with Crippen LogP contribution in [0, 0.1) is 0 Å². The third-order valence-electron chi connectivity index (χ3n) is 23.0. The molecular formula is C98H72N4Si. The van der Waals surface area contributed by atoms with E-state index in [9.17, 15) is 0 Å². The van der Waals surface area contributed by atoms with Crippen LogP contribution in [0.2, 0.25) is 0 Å². The van der Waals surface area contributed by atoms with E-state index >= 15 is 0 Å². The van der Waals surface area contributed by atoms with Crippen molar-refractivity contribution in [2.45, 2.75) is 38.5 Å². The summed E-state index contributed by atoms with van der Waals surface area (Å²) in [5, 5.41) is 15.2. The van der Waals surface area contributed by atoms with Gasteiger partial charge in [-0.2, -0.15) is 0 Å². The predicted octanol–water partition coefficient (Wildman–Crippen LogP) is 23.1. The standard InChI is InChI=1S/C98H72N4Si/c1-97(2)87-61-71(99(91-45-25-29-65-27-17-19-39-77(65)91)69-49-57-95-85(59-69)83-41-21-23-43-93(83)101(95)67-31-9-5-10-32-67)47-53-79(87)81-55-51-75(63-89(81)97)103(73-35-13-7-14-36-73,74-37-15-8-16-38-74)76-52-56-82-80-54-48-72(62-88(80)98(3,4)90(82)64-76)100(92-46-26-30-66-28-18-20-40-78(66)92)70-50-58-96-86(60-70)84-42-22-24-44-94(84)102(96)68-33-11-6-12-34-68/h5-64H,1-4H3. The highest BCUT2D eigenvalue weighted by Crippen LogP contribution is 2.54. The number of aromatic nitrogens is 2. The molecule has 20 rings (SSSR count). The molecule has 2 aromatic heterocycles. The average Bonchev–Trinajstić information content (AvgIpc) is 1.64. The summed E-state index contributed by atoms with van der Waals surface area (Å²) in [4.78, 5) is 5.01. The van der Waals surface area contributed by atoms with Gasteiger partial charge in [-0.05, 0) is 185 Å². The summed E-state index contributed by atoms with van der Waals surface area (Å²) in [6.07, 6.45) is 0. The van der Waals surface area contributed by atoms with Crippen molar-refractivity contribution in [3.63, 3.8) is 0 Å². The van der Waals surface area contributed by atoms with Crippen LogP contribution in [0.1, 0.15) is 49.9 Å². The molecule has 0 bridgehead atoms. The molecular weight excluding hydrogens is 1260 g/mol. The summed E-state index contributed by atoms with van der Waals surface area (Å²) in [7, 11) is -3.15. The number of anilines is 6. The highest BCUT2D eigenvalue weighted by atomic mass is 28.3. The summed E-state index contributed by atoms with van der Waals surface area (Å²) in [5.74, 6) is 0. The normalized spacial score (nSPS) is 13.4. The number of hydrogen-bond donors (Lipinski definition) is 0. The Balaban J connectivity index is 0.720. The molecule has 0 fully saturated rings. The fraction of sp³-hybridized carbons (Fsp3) is 0.0612. The van der Waals surface area contributed by atoms with Crippen molar-refractivity contribution in [3.05, 3.63) is 386 Å². The van der Waals surface area contributed by atoms with Crippen molar-refractivity contribution < 1.29 is 0 Å². The maximum atomic E-state index is 2.64. The maximum absolute atomic E-state index is 3.15. The Hall–Kier alpha value is -12.5. The van der Waals surface area contributed by atoms with E-state index in [1.165, 1.54) is 130 Å². The molecule has 16 aromatic carbocycles. The third-order valence-corrected chi connectivity index (χ3v) is 27.7. The first-order valence-electron chi connectivity index (χ1n) is 36.1. The minimum atomic E-state index is -3.15. The molecule has 0 saturated heterocycles. The smallest absolute Gasteiger partial charge is 0.179 e. The third kappa shape index (κ3) is 9.15. The van der Waals surface area contributed by atoms with Crippen LogP contribution in [0.15, 0.2) is 364 Å². The SMILES string of the molecule is CC1(C)c2cc(N(c3ccc4c(c3)c3ccccc3n4-c3ccccc3)c3cccc4ccccc34)ccc2-c2ccc([Si](c3ccccc3)(c3ccccc3)c3ccc4c(c3)C(C)(C)c3cc(N(c5ccc6c(c5)c5ccccc5n6-c5ccccc5)c5cccc6ccccc56)ccc3-4)cc21. The van der Waals surface area contributed by atoms with Gasteiger partial charge in [0, 0.05) is 77.3 Å². The molecule has 0 atom stereocenters. The monoisotopic (exact) mass is 1330 g/mol. The van der Waals surface area contributed by atoms with Crippen LogP contribution >= 0.6 is 0 Å². The van der Waals surface area contributed by atoms with E-state index in [1.807, 2.05) is 0 Å². The van der Waals surface area contributed by atoms with Crippen molar-refractivity contribution in [3.8, 4) is 33.6 Å². The summed E-state index contributed by atoms with van der Waals surface area (Å²) >= 11 is 0. The molecule has 4 nitrogen and oxygen atoms in total. The van der Waals surface area contributed by atoms with Crippen molar-refractivity contribution in [2.75, 3.05) is 9.80 Å². The molecule has 2 heterocycles. The van der Waals surface area contributed by atoms with Gasteiger partial charge < -0.3 is 18.9 Å². The van der Waals surface area contributed by atoms with Gasteiger partial charge in [0.15, 0.2) is 8.07 Å². The van der Waals surface area contributed by atoms with Gasteiger partial charge >= 0.3 is 0 Å². The molecule has 0 amide bonds. The van der Waals surface area contributed by atoms with Crippen LogP contribution in [-0.4, -0.2) is 17.2 Å². The summed E-state index contributed by atoms with van der Waals surface area (Å²) in [5.41, 5.74) is 23.6. The van der Waals surface area contributed by atoms with Gasteiger partial charge in [-0.25, -0.2) is 0 Å². The highest BCUT2D eigenvalue weighted by molar-refractivity contribution is 7.20. The van der Waals surface area contributed by atoms with Crippen molar-refractivity contribution in [2.24, 2.45) is 0 Å². The summed E-state index contributed by atoms with van der Waals surface area (Å²) in [6, 6.07) is 137. The Labute approximate surface area is 601 Å². The highest BCUT2D eigenvalue weighted by Gasteiger charge is 2.46. The van der Waals surface area contributed by atoms with Crippen LogP contribution in [0.3, 0.4) is 0 Å². The average molecular weight is 1330 g/mol. The minimum absolute atomic E-state index is 0.367. The van der Waals surface area contributed by atoms with Crippen LogP contribution < -0.4 is 30.5 Å². The van der Waals surface area contributed by atoms with E-state index in [4.69, 9.17) is 0 Å². The fourth-order valence-corrected chi connectivity index (χ4v) is 22.9. The van der Waals surface area contributed by atoms with Crippen LogP contribution in [0.5, 0.6) is 0 Å². The van der Waals surface area contributed by atoms with Gasteiger partial charge in [0.2, 0.25) is 0 Å². The number of benzene rings is 16. The van der Waals surface area contributed by atoms with Crippen LogP contribution in [0.4, 0.5) is 34.1 Å². The van der Waals surface area contributed by atoms with E-state index < -0.39 is 8.07 Å². The quantitative estimate of drug-likeness (QED) is 0.0895. The molecule has 0 unspecified atom stereocenters. The molecule has 0 saturated carbocycles. The molecule has 488 valence electrons. The number of nitrogens with zero attached hydrogens (tertiary/aromatic N) is 4. The number of rotatable bonds is 12. The lowest BCUT2D eigenvalue weighted by Crippen LogP contribution is -2.75. The van der Waals surface area contributed by atoms with Gasteiger partial charge in [0.1, 0.15) is 0 Å². The first-order valence-corrected chi connectivity index (χ1v) is 38.1. The molecule has 0 radical (unpaired) electrons. The Morgan fingerprint density at radius 3 is 0.961 bits per heavy atom. The maximum Gasteiger partial charge on any atom is 0.179 e. The summed E-state index contributed by atoms with van der Waals surface area (Å²) in [6.45, 7) is 9.83. The number of hydrogen-bond acceptors (Lipinski definition) is 2. The zero-order valence-corrected chi connectivity index (χ0v) is 58.9. The van der Waals surface area contributed by atoms with Crippen molar-refractivity contribution in [1.29, 1.82) is 0 Å². The second-order valence-corrected chi connectivity index (χ2v) is 33.0. The van der Waals surface area contributed by atoms with Gasteiger partial charge in [0.25, 0.3) is 0 Å². The lowest BCUT2D eigenvalue weighted by Gasteiger charge is -2.36. The van der Waals surface area contributed by atoms with Gasteiger partial charge in [-0.1, -0.05) is 282 Å². The molecule has 18 aromatic rings. The van der Waals surface area contributed by atoms with E-state index in [2.05, 4.69) is 411 Å². The van der Waals surface area contributed by atoms with Crippen molar-refractivity contribution in [1.82, 2.24) is 9.13 Å². The Morgan fingerprint density at radius 1 is 0.233 bits per heavy atom. The Bertz CT molecular complexity index is 6040. The second-order valence-electron chi connectivity index (χ2n) is 29.2. The molecule has 0 aliphatic heterocycles. The fourth-order valence-electron chi connectivity index (χ4n) is 18.1. The largest absolute Gasteiger partial charge is 0.310 e. The molecule has 0 N–H and O–H groups in total. The van der Waals surface area contributed by atoms with E-state index in [0.29, 0.717) is 0 Å². The molecule has 0 spiro atoms. The minimum Gasteiger partial charge on any atom is -0.310 e. The number of fused-ring (bicyclic) bond motifs is 14. The predicted molar refractivity (Wildman–Crippen MR) is 438 cm³/mol. The molecule has 103 heavy (non-hydrogen) atoms. The summed E-state index contributed by atoms with van der Waals surface area (Å²) < 4.78 is 4.81. The van der Waals surface area contributed by atoms with Gasteiger partial charge in [-0.15, -0.1) is 0 Å². The van der Waals surface area contributed by atoms with Crippen molar-refractivity contribution >= 4 is 128 Å². The van der Waals surface area contributed by atoms with Gasteiger partial charge in [-0.3, -0.25) is 0 Å².